The number of likely N-dealkylation sites (tertiary alicyclic amines) is 1. The number of hydrogen-bond donors (Lipinski definition) is 0. The lowest BCUT2D eigenvalue weighted by Gasteiger charge is -2.34. The van der Waals surface area contributed by atoms with E-state index >= 15 is 0 Å². The Labute approximate surface area is 129 Å². The third-order valence-corrected chi connectivity index (χ3v) is 4.05. The minimum Gasteiger partial charge on any atom is -0.339 e. The van der Waals surface area contributed by atoms with E-state index in [1.165, 1.54) is 11.0 Å². The van der Waals surface area contributed by atoms with Crippen molar-refractivity contribution in [1.29, 1.82) is 0 Å². The van der Waals surface area contributed by atoms with Gasteiger partial charge >= 0.3 is 0 Å². The van der Waals surface area contributed by atoms with Crippen LogP contribution < -0.4 is 0 Å². The average Bonchev–Trinajstić information content (AvgIpc) is 3.18. The Hall–Kier alpha value is -2.25. The predicted molar refractivity (Wildman–Crippen MR) is 79.0 cm³/mol. The normalized spacial score (nSPS) is 18.9. The lowest BCUT2D eigenvalue weighted by Crippen LogP contribution is -2.42. The molecule has 0 bridgehead atoms. The molecule has 8 nitrogen and oxygen atoms in total. The van der Waals surface area contributed by atoms with Crippen LogP contribution >= 0.6 is 0 Å². The summed E-state index contributed by atoms with van der Waals surface area (Å²) in [5, 5.41) is 10.9. The van der Waals surface area contributed by atoms with Crippen molar-refractivity contribution >= 4 is 5.91 Å². The Kier molecular flexibility index (Phi) is 4.17. The van der Waals surface area contributed by atoms with Gasteiger partial charge in [-0.3, -0.25) is 4.79 Å². The zero-order valence-corrected chi connectivity index (χ0v) is 13.0. The maximum Gasteiger partial charge on any atom is 0.244 e. The Morgan fingerprint density at radius 3 is 3.05 bits per heavy atom. The molecule has 1 amide bonds. The molecule has 1 saturated heterocycles. The van der Waals surface area contributed by atoms with Crippen LogP contribution in [-0.4, -0.2) is 53.7 Å². The number of aromatic nitrogens is 6. The van der Waals surface area contributed by atoms with Gasteiger partial charge in [0, 0.05) is 31.4 Å². The summed E-state index contributed by atoms with van der Waals surface area (Å²) in [6.45, 7) is 5.99. The van der Waals surface area contributed by atoms with E-state index in [-0.39, 0.29) is 12.5 Å². The number of amides is 1. The van der Waals surface area contributed by atoms with Gasteiger partial charge in [0.15, 0.2) is 0 Å². The van der Waals surface area contributed by atoms with E-state index in [2.05, 4.69) is 38.9 Å². The maximum atomic E-state index is 12.4. The van der Waals surface area contributed by atoms with Crippen molar-refractivity contribution in [2.75, 3.05) is 13.1 Å². The van der Waals surface area contributed by atoms with Crippen LogP contribution in [0.1, 0.15) is 44.5 Å². The molecule has 1 atom stereocenters. The van der Waals surface area contributed by atoms with E-state index < -0.39 is 0 Å². The fourth-order valence-electron chi connectivity index (χ4n) is 2.98. The number of imidazole rings is 1. The molecule has 1 aliphatic rings. The number of carbonyl (C=O) groups excluding carboxylic acids is 1. The zero-order chi connectivity index (χ0) is 15.5. The van der Waals surface area contributed by atoms with Gasteiger partial charge in [0.05, 0.1) is 6.04 Å². The monoisotopic (exact) mass is 303 g/mol. The lowest BCUT2D eigenvalue weighted by atomic mass is 10.0. The molecule has 3 heterocycles. The minimum absolute atomic E-state index is 0.0585. The highest BCUT2D eigenvalue weighted by Crippen LogP contribution is 2.25. The van der Waals surface area contributed by atoms with E-state index in [1.807, 2.05) is 17.3 Å². The lowest BCUT2D eigenvalue weighted by molar-refractivity contribution is -0.133. The molecular weight excluding hydrogens is 282 g/mol. The second-order valence-electron chi connectivity index (χ2n) is 5.99. The number of rotatable bonds is 4. The van der Waals surface area contributed by atoms with Gasteiger partial charge in [-0.2, -0.15) is 0 Å². The Balaban J connectivity index is 1.68. The Morgan fingerprint density at radius 1 is 1.45 bits per heavy atom. The summed E-state index contributed by atoms with van der Waals surface area (Å²) in [7, 11) is 0. The molecule has 22 heavy (non-hydrogen) atoms. The molecule has 0 aromatic carbocycles. The molecule has 0 radical (unpaired) electrons. The number of piperidine rings is 1. The van der Waals surface area contributed by atoms with Gasteiger partial charge in [0.25, 0.3) is 0 Å². The molecule has 0 saturated carbocycles. The van der Waals surface area contributed by atoms with Crippen LogP contribution in [0.15, 0.2) is 18.7 Å². The van der Waals surface area contributed by atoms with Crippen molar-refractivity contribution in [3.8, 4) is 0 Å². The highest BCUT2D eigenvalue weighted by Gasteiger charge is 2.26. The SMILES string of the molecule is CC(C)c1nccn1C1CCCN(C(=O)Cn2cnnn2)C1. The van der Waals surface area contributed by atoms with Crippen LogP contribution in [0.5, 0.6) is 0 Å². The smallest absolute Gasteiger partial charge is 0.244 e. The van der Waals surface area contributed by atoms with Crippen LogP contribution in [0.4, 0.5) is 0 Å². The summed E-state index contributed by atoms with van der Waals surface area (Å²) >= 11 is 0. The zero-order valence-electron chi connectivity index (χ0n) is 13.0. The second kappa shape index (κ2) is 6.25. The molecule has 1 unspecified atom stereocenters. The number of carbonyl (C=O) groups is 1. The largest absolute Gasteiger partial charge is 0.339 e. The summed E-state index contributed by atoms with van der Waals surface area (Å²) in [6.07, 6.45) is 7.41. The van der Waals surface area contributed by atoms with Gasteiger partial charge in [0.1, 0.15) is 18.7 Å². The molecule has 2 aromatic heterocycles. The topological polar surface area (TPSA) is 81.7 Å². The van der Waals surface area contributed by atoms with Crippen LogP contribution in [0.2, 0.25) is 0 Å². The summed E-state index contributed by atoms with van der Waals surface area (Å²) in [4.78, 5) is 18.7. The van der Waals surface area contributed by atoms with E-state index in [0.717, 1.165) is 31.8 Å². The first-order valence-electron chi connectivity index (χ1n) is 7.66. The van der Waals surface area contributed by atoms with Crippen molar-refractivity contribution in [3.05, 3.63) is 24.5 Å². The van der Waals surface area contributed by atoms with E-state index in [9.17, 15) is 4.79 Å². The molecule has 1 aliphatic heterocycles. The fourth-order valence-corrected chi connectivity index (χ4v) is 2.98. The molecular formula is C14H21N7O. The van der Waals surface area contributed by atoms with Gasteiger partial charge in [0.2, 0.25) is 5.91 Å². The molecule has 3 rings (SSSR count). The fraction of sp³-hybridized carbons (Fsp3) is 0.643. The van der Waals surface area contributed by atoms with Crippen molar-refractivity contribution in [2.45, 2.75) is 45.2 Å². The summed E-state index contributed by atoms with van der Waals surface area (Å²) in [6, 6.07) is 0.298. The number of tetrazole rings is 1. The van der Waals surface area contributed by atoms with Gasteiger partial charge in [-0.1, -0.05) is 13.8 Å². The maximum absolute atomic E-state index is 12.4. The van der Waals surface area contributed by atoms with E-state index in [1.54, 1.807) is 0 Å². The molecule has 8 heteroatoms. The second-order valence-corrected chi connectivity index (χ2v) is 5.99. The van der Waals surface area contributed by atoms with Crippen LogP contribution in [-0.2, 0) is 11.3 Å². The van der Waals surface area contributed by atoms with Crippen LogP contribution in [0.25, 0.3) is 0 Å². The van der Waals surface area contributed by atoms with E-state index in [4.69, 9.17) is 0 Å². The first-order chi connectivity index (χ1) is 10.6. The first kappa shape index (κ1) is 14.7. The molecule has 0 N–H and O–H groups in total. The van der Waals surface area contributed by atoms with Crippen molar-refractivity contribution < 1.29 is 4.79 Å². The van der Waals surface area contributed by atoms with Crippen molar-refractivity contribution in [1.82, 2.24) is 34.7 Å². The third kappa shape index (κ3) is 3.00. The van der Waals surface area contributed by atoms with Crippen molar-refractivity contribution in [2.24, 2.45) is 0 Å². The summed E-state index contributed by atoms with van der Waals surface area (Å²) in [5.74, 6) is 1.52. The molecule has 0 spiro atoms. The summed E-state index contributed by atoms with van der Waals surface area (Å²) in [5.41, 5.74) is 0. The minimum atomic E-state index is 0.0585. The quantitative estimate of drug-likeness (QED) is 0.836. The van der Waals surface area contributed by atoms with Gasteiger partial charge < -0.3 is 9.47 Å². The summed E-state index contributed by atoms with van der Waals surface area (Å²) < 4.78 is 3.68. The van der Waals surface area contributed by atoms with E-state index in [0.29, 0.717) is 12.0 Å². The Morgan fingerprint density at radius 2 is 2.32 bits per heavy atom. The standard InChI is InChI=1S/C14H21N7O/c1-11(2)14-15-5-7-21(14)12-4-3-6-19(8-12)13(22)9-20-10-16-17-18-20/h5,7,10-12H,3-4,6,8-9H2,1-2H3. The molecule has 0 aliphatic carbocycles. The number of nitrogens with zero attached hydrogens (tertiary/aromatic N) is 7. The van der Waals surface area contributed by atoms with Crippen LogP contribution in [0, 0.1) is 0 Å². The predicted octanol–water partition coefficient (Wildman–Crippen LogP) is 0.857. The number of hydrogen-bond acceptors (Lipinski definition) is 5. The van der Waals surface area contributed by atoms with Gasteiger partial charge in [-0.15, -0.1) is 5.10 Å². The highest BCUT2D eigenvalue weighted by atomic mass is 16.2. The van der Waals surface area contributed by atoms with Crippen molar-refractivity contribution in [3.63, 3.8) is 0 Å². The molecule has 1 fully saturated rings. The molecule has 118 valence electrons. The first-order valence-corrected chi connectivity index (χ1v) is 7.66. The third-order valence-electron chi connectivity index (χ3n) is 4.05. The molecule has 2 aromatic rings. The Bertz CT molecular complexity index is 619. The highest BCUT2D eigenvalue weighted by molar-refractivity contribution is 5.76. The van der Waals surface area contributed by atoms with Gasteiger partial charge in [-0.25, -0.2) is 9.67 Å². The average molecular weight is 303 g/mol. The van der Waals surface area contributed by atoms with Crippen LogP contribution in [0.3, 0.4) is 0 Å². The van der Waals surface area contributed by atoms with Gasteiger partial charge in [-0.05, 0) is 23.3 Å².